The Hall–Kier alpha value is -2.78. The second kappa shape index (κ2) is 7.11. The van der Waals surface area contributed by atoms with Crippen molar-refractivity contribution in [1.29, 1.82) is 0 Å². The van der Waals surface area contributed by atoms with Crippen molar-refractivity contribution in [2.24, 2.45) is 5.41 Å². The number of aromatic nitrogens is 5. The molecule has 2 saturated heterocycles. The van der Waals surface area contributed by atoms with Crippen LogP contribution in [0.5, 0.6) is 0 Å². The van der Waals surface area contributed by atoms with Gasteiger partial charge in [-0.1, -0.05) is 11.6 Å². The molecule has 7 rings (SSSR count). The highest BCUT2D eigenvalue weighted by atomic mass is 35.5. The third-order valence-corrected chi connectivity index (χ3v) is 7.76. The summed E-state index contributed by atoms with van der Waals surface area (Å²) >= 11 is 6.35. The minimum atomic E-state index is -1.06. The van der Waals surface area contributed by atoms with E-state index in [4.69, 9.17) is 11.6 Å². The summed E-state index contributed by atoms with van der Waals surface area (Å²) in [5, 5.41) is 9.84. The molecule has 3 aliphatic heterocycles. The molecule has 0 atom stereocenters. The Morgan fingerprint density at radius 1 is 1.03 bits per heavy atom. The van der Waals surface area contributed by atoms with E-state index in [9.17, 15) is 4.39 Å². The Kier molecular flexibility index (Phi) is 4.31. The fourth-order valence-electron chi connectivity index (χ4n) is 5.71. The molecule has 3 fully saturated rings. The molecule has 0 unspecified atom stereocenters. The lowest BCUT2D eigenvalue weighted by Gasteiger charge is -2.60. The minimum absolute atomic E-state index is 0.261. The zero-order valence-electron chi connectivity index (χ0n) is 19.1. The Morgan fingerprint density at radius 3 is 2.59 bits per heavy atom. The van der Waals surface area contributed by atoms with Gasteiger partial charge in [-0.25, -0.2) is 14.4 Å². The van der Waals surface area contributed by atoms with Crippen molar-refractivity contribution < 1.29 is 4.39 Å². The van der Waals surface area contributed by atoms with Crippen molar-refractivity contribution in [3.05, 3.63) is 52.7 Å². The number of fused-ring (bicyclic) bond motifs is 3. The van der Waals surface area contributed by atoms with Crippen molar-refractivity contribution in [3.63, 3.8) is 0 Å². The number of hydrogen-bond acceptors (Lipinski definition) is 7. The van der Waals surface area contributed by atoms with E-state index < -0.39 is 5.67 Å². The lowest BCUT2D eigenvalue weighted by Crippen LogP contribution is -2.73. The molecule has 1 spiro atoms. The molecule has 0 radical (unpaired) electrons. The van der Waals surface area contributed by atoms with Crippen molar-refractivity contribution >= 4 is 23.4 Å². The predicted molar refractivity (Wildman–Crippen MR) is 127 cm³/mol. The van der Waals surface area contributed by atoms with Gasteiger partial charge in [0.15, 0.2) is 5.82 Å². The first-order chi connectivity index (χ1) is 16.4. The normalized spacial score (nSPS) is 22.0. The highest BCUT2D eigenvalue weighted by Crippen LogP contribution is 2.45. The van der Waals surface area contributed by atoms with Crippen molar-refractivity contribution in [2.75, 3.05) is 42.5 Å². The first-order valence-corrected chi connectivity index (χ1v) is 12.2. The molecule has 176 valence electrons. The smallest absolute Gasteiger partial charge is 0.231 e. The number of nitrogens with zero attached hydrogens (tertiary/aromatic N) is 8. The van der Waals surface area contributed by atoms with Crippen LogP contribution in [0, 0.1) is 12.3 Å². The number of aryl methyl sites for hydroxylation is 1. The molecule has 1 aliphatic carbocycles. The van der Waals surface area contributed by atoms with Crippen LogP contribution in [0.3, 0.4) is 0 Å². The average molecular weight is 481 g/mol. The lowest BCUT2D eigenvalue weighted by atomic mass is 9.73. The monoisotopic (exact) mass is 480 g/mol. The second-order valence-electron chi connectivity index (χ2n) is 10.5. The maximum atomic E-state index is 14.6. The van der Waals surface area contributed by atoms with Gasteiger partial charge in [-0.3, -0.25) is 9.47 Å². The van der Waals surface area contributed by atoms with Gasteiger partial charge in [0.05, 0.1) is 12.2 Å². The lowest BCUT2D eigenvalue weighted by molar-refractivity contribution is 0.153. The van der Waals surface area contributed by atoms with E-state index in [0.29, 0.717) is 37.5 Å². The van der Waals surface area contributed by atoms with Gasteiger partial charge in [0.2, 0.25) is 5.95 Å². The summed E-state index contributed by atoms with van der Waals surface area (Å²) < 4.78 is 16.8. The molecule has 10 heteroatoms. The van der Waals surface area contributed by atoms with Gasteiger partial charge in [-0.15, -0.1) is 10.2 Å². The molecule has 1 saturated carbocycles. The third kappa shape index (κ3) is 3.36. The molecule has 0 amide bonds. The summed E-state index contributed by atoms with van der Waals surface area (Å²) in [6.07, 6.45) is 3.11. The second-order valence-corrected chi connectivity index (χ2v) is 10.9. The molecule has 2 aromatic heterocycles. The quantitative estimate of drug-likeness (QED) is 0.568. The Bertz CT molecular complexity index is 1270. The molecule has 34 heavy (non-hydrogen) atoms. The standard InChI is InChI=1S/C24H26ClFN8/c1-16-27-7-4-20(28-16)32-11-23(12-32)13-33(14-23)22-30-29-21-10-31(15-24(26)5-6-24)9-17-8-18(25)2-3-19(17)34(21)22/h2-4,7-8H,5-6,9-15H2,1H3. The van der Waals surface area contributed by atoms with Crippen LogP contribution in [0.25, 0.3) is 5.69 Å². The van der Waals surface area contributed by atoms with Gasteiger partial charge in [0.25, 0.3) is 0 Å². The summed E-state index contributed by atoms with van der Waals surface area (Å²) in [5.74, 6) is 3.52. The molecule has 0 N–H and O–H groups in total. The maximum absolute atomic E-state index is 14.6. The van der Waals surface area contributed by atoms with Gasteiger partial charge in [0, 0.05) is 55.9 Å². The highest BCUT2D eigenvalue weighted by molar-refractivity contribution is 6.30. The number of benzene rings is 1. The van der Waals surface area contributed by atoms with Crippen LogP contribution in [0.1, 0.15) is 30.1 Å². The Balaban J connectivity index is 1.13. The SMILES string of the molecule is Cc1nccc(N2CC3(C2)CN(c2nnc4n2-c2ccc(Cl)cc2CN(CC2(F)CC2)C4)C3)n1. The largest absolute Gasteiger partial charge is 0.355 e. The van der Waals surface area contributed by atoms with Crippen LogP contribution in [0.15, 0.2) is 30.5 Å². The minimum Gasteiger partial charge on any atom is -0.355 e. The van der Waals surface area contributed by atoms with Gasteiger partial charge in [-0.05, 0) is 49.6 Å². The molecule has 4 aliphatic rings. The molecular formula is C24H26ClFN8. The number of hydrogen-bond donors (Lipinski definition) is 0. The highest BCUT2D eigenvalue weighted by Gasteiger charge is 2.53. The molecule has 8 nitrogen and oxygen atoms in total. The molecule has 0 bridgehead atoms. The van der Waals surface area contributed by atoms with Crippen LogP contribution in [-0.4, -0.2) is 68.0 Å². The summed E-state index contributed by atoms with van der Waals surface area (Å²) in [5.41, 5.74) is 1.33. The van der Waals surface area contributed by atoms with Crippen molar-refractivity contribution in [1.82, 2.24) is 29.6 Å². The first kappa shape index (κ1) is 20.6. The zero-order valence-corrected chi connectivity index (χ0v) is 19.8. The Morgan fingerprint density at radius 2 is 1.82 bits per heavy atom. The topological polar surface area (TPSA) is 66.2 Å². The van der Waals surface area contributed by atoms with Crippen LogP contribution in [-0.2, 0) is 13.1 Å². The number of anilines is 2. The van der Waals surface area contributed by atoms with Gasteiger partial charge < -0.3 is 9.80 Å². The third-order valence-electron chi connectivity index (χ3n) is 7.53. The van der Waals surface area contributed by atoms with Crippen LogP contribution >= 0.6 is 11.6 Å². The number of alkyl halides is 1. The summed E-state index contributed by atoms with van der Waals surface area (Å²) in [7, 11) is 0. The summed E-state index contributed by atoms with van der Waals surface area (Å²) in [4.78, 5) is 15.5. The van der Waals surface area contributed by atoms with Crippen LogP contribution in [0.4, 0.5) is 16.2 Å². The van der Waals surface area contributed by atoms with Crippen LogP contribution < -0.4 is 9.80 Å². The molecule has 1 aromatic carbocycles. The average Bonchev–Trinajstić information content (AvgIpc) is 3.36. The van der Waals surface area contributed by atoms with Crippen LogP contribution in [0.2, 0.25) is 5.02 Å². The van der Waals surface area contributed by atoms with Gasteiger partial charge >= 0.3 is 0 Å². The fraction of sp³-hybridized carbons (Fsp3) is 0.500. The van der Waals surface area contributed by atoms with E-state index in [1.807, 2.05) is 37.4 Å². The summed E-state index contributed by atoms with van der Waals surface area (Å²) in [6, 6.07) is 7.92. The van der Waals surface area contributed by atoms with Gasteiger partial charge in [0.1, 0.15) is 17.3 Å². The zero-order chi connectivity index (χ0) is 23.1. The predicted octanol–water partition coefficient (Wildman–Crippen LogP) is 3.16. The van der Waals surface area contributed by atoms with Crippen molar-refractivity contribution in [3.8, 4) is 5.69 Å². The van der Waals surface area contributed by atoms with E-state index >= 15 is 0 Å². The van der Waals surface area contributed by atoms with E-state index in [1.165, 1.54) is 0 Å². The maximum Gasteiger partial charge on any atom is 0.231 e. The molecule has 5 heterocycles. The summed E-state index contributed by atoms with van der Waals surface area (Å²) in [6.45, 7) is 7.42. The number of halogens is 2. The van der Waals surface area contributed by atoms with E-state index in [1.54, 1.807) is 0 Å². The van der Waals surface area contributed by atoms with Gasteiger partial charge in [-0.2, -0.15) is 0 Å². The molecular weight excluding hydrogens is 455 g/mol. The number of rotatable bonds is 4. The molecule has 3 aromatic rings. The fourth-order valence-corrected chi connectivity index (χ4v) is 5.91. The van der Waals surface area contributed by atoms with Crippen molar-refractivity contribution in [2.45, 2.75) is 38.5 Å². The Labute approximate surface area is 202 Å². The first-order valence-electron chi connectivity index (χ1n) is 11.8. The van der Waals surface area contributed by atoms with E-state index in [0.717, 1.165) is 60.8 Å². The van der Waals surface area contributed by atoms with E-state index in [-0.39, 0.29) is 5.41 Å². The van der Waals surface area contributed by atoms with E-state index in [2.05, 4.69) is 39.4 Å².